The molecule has 28 heavy (non-hydrogen) atoms. The van der Waals surface area contributed by atoms with Crippen LogP contribution in [0.25, 0.3) is 5.69 Å². The summed E-state index contributed by atoms with van der Waals surface area (Å²) in [6, 6.07) is 13.4. The lowest BCUT2D eigenvalue weighted by Crippen LogP contribution is -2.21. The first-order valence-corrected chi connectivity index (χ1v) is 9.49. The second-order valence-electron chi connectivity index (χ2n) is 6.31. The van der Waals surface area contributed by atoms with Crippen LogP contribution < -0.4 is 10.2 Å². The third-order valence-electron chi connectivity index (χ3n) is 4.56. The van der Waals surface area contributed by atoms with E-state index in [-0.39, 0.29) is 16.9 Å². The van der Waals surface area contributed by atoms with E-state index in [2.05, 4.69) is 29.2 Å². The van der Waals surface area contributed by atoms with Gasteiger partial charge in [-0.2, -0.15) is 5.10 Å². The summed E-state index contributed by atoms with van der Waals surface area (Å²) in [7, 11) is 0. The van der Waals surface area contributed by atoms with Crippen molar-refractivity contribution < 1.29 is 9.18 Å². The maximum Gasteiger partial charge on any atom is 0.260 e. The van der Waals surface area contributed by atoms with Crippen LogP contribution in [0.1, 0.15) is 29.9 Å². The molecule has 1 aromatic heterocycles. The lowest BCUT2D eigenvalue weighted by atomic mass is 10.2. The molecule has 0 spiro atoms. The van der Waals surface area contributed by atoms with Crippen molar-refractivity contribution in [3.05, 3.63) is 70.8 Å². The highest BCUT2D eigenvalue weighted by Crippen LogP contribution is 2.25. The molecule has 3 aromatic rings. The lowest BCUT2D eigenvalue weighted by Gasteiger charge is -2.21. The van der Waals surface area contributed by atoms with Gasteiger partial charge in [-0.3, -0.25) is 4.79 Å². The zero-order valence-electron chi connectivity index (χ0n) is 16.0. The molecule has 5 nitrogen and oxygen atoms in total. The molecule has 0 radical (unpaired) electrons. The van der Waals surface area contributed by atoms with E-state index in [9.17, 15) is 9.18 Å². The number of benzene rings is 2. The fourth-order valence-electron chi connectivity index (χ4n) is 3.05. The van der Waals surface area contributed by atoms with Gasteiger partial charge in [0.15, 0.2) is 0 Å². The Bertz CT molecular complexity index is 963. The van der Waals surface area contributed by atoms with Crippen LogP contribution in [0.5, 0.6) is 0 Å². The van der Waals surface area contributed by atoms with E-state index in [0.29, 0.717) is 22.6 Å². The lowest BCUT2D eigenvalue weighted by molar-refractivity contribution is 0.102. The normalized spacial score (nSPS) is 10.8. The van der Waals surface area contributed by atoms with Crippen molar-refractivity contribution in [1.82, 2.24) is 9.78 Å². The summed E-state index contributed by atoms with van der Waals surface area (Å²) in [6.45, 7) is 7.74. The SMILES string of the molecule is CCN(CC)c1ccc(NC(=O)c2c(C)nn(-c3ccc(F)cc3)c2Cl)cc1. The van der Waals surface area contributed by atoms with Gasteiger partial charge in [-0.05, 0) is 69.3 Å². The van der Waals surface area contributed by atoms with Gasteiger partial charge in [0.05, 0.1) is 11.4 Å². The van der Waals surface area contributed by atoms with Gasteiger partial charge >= 0.3 is 0 Å². The van der Waals surface area contributed by atoms with Crippen molar-refractivity contribution in [1.29, 1.82) is 0 Å². The number of anilines is 2. The summed E-state index contributed by atoms with van der Waals surface area (Å²) in [5.74, 6) is -0.693. The van der Waals surface area contributed by atoms with Crippen LogP contribution in [0.15, 0.2) is 48.5 Å². The Morgan fingerprint density at radius 2 is 1.71 bits per heavy atom. The molecule has 1 N–H and O–H groups in total. The predicted octanol–water partition coefficient (Wildman–Crippen LogP) is 5.07. The molecule has 3 rings (SSSR count). The van der Waals surface area contributed by atoms with Crippen molar-refractivity contribution in [2.45, 2.75) is 20.8 Å². The van der Waals surface area contributed by atoms with Gasteiger partial charge in [-0.15, -0.1) is 0 Å². The molecular formula is C21H22ClFN4O. The number of rotatable bonds is 6. The molecule has 0 atom stereocenters. The number of hydrogen-bond acceptors (Lipinski definition) is 3. The van der Waals surface area contributed by atoms with Crippen molar-refractivity contribution in [3.8, 4) is 5.69 Å². The number of hydrogen-bond donors (Lipinski definition) is 1. The van der Waals surface area contributed by atoms with Gasteiger partial charge in [0, 0.05) is 24.5 Å². The average Bonchev–Trinajstić information content (AvgIpc) is 2.99. The number of aryl methyl sites for hydroxylation is 1. The number of nitrogens with zero attached hydrogens (tertiary/aromatic N) is 3. The van der Waals surface area contributed by atoms with Crippen molar-refractivity contribution >= 4 is 28.9 Å². The molecule has 0 aliphatic carbocycles. The highest BCUT2D eigenvalue weighted by Gasteiger charge is 2.21. The predicted molar refractivity (Wildman–Crippen MR) is 111 cm³/mol. The Hall–Kier alpha value is -2.86. The molecule has 0 aliphatic rings. The van der Waals surface area contributed by atoms with Crippen LogP contribution in [0.4, 0.5) is 15.8 Å². The minimum Gasteiger partial charge on any atom is -0.372 e. The Kier molecular flexibility index (Phi) is 5.99. The number of amides is 1. The van der Waals surface area contributed by atoms with Crippen LogP contribution in [0.2, 0.25) is 5.15 Å². The number of nitrogens with one attached hydrogen (secondary N) is 1. The Morgan fingerprint density at radius 3 is 2.29 bits per heavy atom. The molecule has 2 aromatic carbocycles. The number of carbonyl (C=O) groups is 1. The highest BCUT2D eigenvalue weighted by atomic mass is 35.5. The summed E-state index contributed by atoms with van der Waals surface area (Å²) >= 11 is 6.41. The van der Waals surface area contributed by atoms with Gasteiger partial charge in [-0.1, -0.05) is 11.6 Å². The first kappa shape index (κ1) is 19.9. The number of aromatic nitrogens is 2. The summed E-state index contributed by atoms with van der Waals surface area (Å²) in [4.78, 5) is 15.0. The largest absolute Gasteiger partial charge is 0.372 e. The van der Waals surface area contributed by atoms with E-state index in [0.717, 1.165) is 18.8 Å². The maximum atomic E-state index is 13.2. The highest BCUT2D eigenvalue weighted by molar-refractivity contribution is 6.34. The Labute approximate surface area is 168 Å². The van der Waals surface area contributed by atoms with Crippen LogP contribution >= 0.6 is 11.6 Å². The Balaban J connectivity index is 1.82. The molecule has 0 unspecified atom stereocenters. The average molecular weight is 401 g/mol. The standard InChI is InChI=1S/C21H22ClFN4O/c1-4-26(5-2)17-12-8-16(9-13-17)24-21(28)19-14(3)25-27(20(19)22)18-10-6-15(23)7-11-18/h6-13H,4-5H2,1-3H3,(H,24,28). The van der Waals surface area contributed by atoms with Gasteiger partial charge in [-0.25, -0.2) is 9.07 Å². The van der Waals surface area contributed by atoms with Gasteiger partial charge < -0.3 is 10.2 Å². The van der Waals surface area contributed by atoms with Crippen LogP contribution in [0.3, 0.4) is 0 Å². The minimum absolute atomic E-state index is 0.182. The Morgan fingerprint density at radius 1 is 1.11 bits per heavy atom. The number of halogens is 2. The summed E-state index contributed by atoms with van der Waals surface area (Å²) < 4.78 is 14.6. The zero-order valence-corrected chi connectivity index (χ0v) is 16.8. The quantitative estimate of drug-likeness (QED) is 0.628. The smallest absolute Gasteiger partial charge is 0.260 e. The van der Waals surface area contributed by atoms with E-state index < -0.39 is 0 Å². The summed E-state index contributed by atoms with van der Waals surface area (Å²) in [6.07, 6.45) is 0. The fourth-order valence-corrected chi connectivity index (χ4v) is 3.41. The van der Waals surface area contributed by atoms with Crippen molar-refractivity contribution in [2.75, 3.05) is 23.3 Å². The van der Waals surface area contributed by atoms with E-state index >= 15 is 0 Å². The molecule has 0 aliphatic heterocycles. The van der Waals surface area contributed by atoms with E-state index in [4.69, 9.17) is 11.6 Å². The van der Waals surface area contributed by atoms with Crippen LogP contribution in [-0.2, 0) is 0 Å². The minimum atomic E-state index is -0.352. The molecule has 1 heterocycles. The fraction of sp³-hybridized carbons (Fsp3) is 0.238. The first-order valence-electron chi connectivity index (χ1n) is 9.12. The van der Waals surface area contributed by atoms with E-state index in [1.54, 1.807) is 19.1 Å². The summed E-state index contributed by atoms with van der Waals surface area (Å²) in [5.41, 5.74) is 3.13. The molecule has 146 valence electrons. The van der Waals surface area contributed by atoms with E-state index in [1.807, 2.05) is 24.3 Å². The maximum absolute atomic E-state index is 13.2. The monoisotopic (exact) mass is 400 g/mol. The third kappa shape index (κ3) is 4.02. The molecule has 0 fully saturated rings. The van der Waals surface area contributed by atoms with E-state index in [1.165, 1.54) is 16.8 Å². The molecule has 0 saturated carbocycles. The van der Waals surface area contributed by atoms with Crippen LogP contribution in [-0.4, -0.2) is 28.8 Å². The first-order chi connectivity index (χ1) is 13.4. The van der Waals surface area contributed by atoms with Gasteiger partial charge in [0.1, 0.15) is 16.5 Å². The molecule has 0 saturated heterocycles. The van der Waals surface area contributed by atoms with Crippen molar-refractivity contribution in [3.63, 3.8) is 0 Å². The molecule has 1 amide bonds. The van der Waals surface area contributed by atoms with Crippen LogP contribution in [0, 0.1) is 12.7 Å². The van der Waals surface area contributed by atoms with Crippen molar-refractivity contribution in [2.24, 2.45) is 0 Å². The summed E-state index contributed by atoms with van der Waals surface area (Å²) in [5, 5.41) is 7.37. The molecular weight excluding hydrogens is 379 g/mol. The second kappa shape index (κ2) is 8.44. The van der Waals surface area contributed by atoms with Gasteiger partial charge in [0.25, 0.3) is 5.91 Å². The second-order valence-corrected chi connectivity index (χ2v) is 6.67. The van der Waals surface area contributed by atoms with Gasteiger partial charge in [0.2, 0.25) is 0 Å². The zero-order chi connectivity index (χ0) is 20.3. The topological polar surface area (TPSA) is 50.2 Å². The number of carbonyl (C=O) groups excluding carboxylic acids is 1. The molecule has 7 heteroatoms. The molecule has 0 bridgehead atoms. The third-order valence-corrected chi connectivity index (χ3v) is 4.91.